The number of rotatable bonds is 4. The summed E-state index contributed by atoms with van der Waals surface area (Å²) in [6.07, 6.45) is 4.27. The lowest BCUT2D eigenvalue weighted by molar-refractivity contribution is 0.0957. The number of amides is 1. The molecule has 0 saturated carbocycles. The molecule has 1 aromatic heterocycles. The van der Waals surface area contributed by atoms with Crippen LogP contribution < -0.4 is 10.6 Å². The largest absolute Gasteiger partial charge is 0.351 e. The van der Waals surface area contributed by atoms with Gasteiger partial charge in [0.2, 0.25) is 0 Å². The molecule has 0 radical (unpaired) electrons. The third-order valence-electron chi connectivity index (χ3n) is 2.71. The molecule has 1 aliphatic rings. The van der Waals surface area contributed by atoms with Crippen molar-refractivity contribution in [2.45, 2.75) is 12.8 Å². The highest BCUT2D eigenvalue weighted by atomic mass is 79.9. The number of carbonyl (C=O) groups excluding carboxylic acids is 1. The normalized spacial score (nSPS) is 15.5. The van der Waals surface area contributed by atoms with Crippen LogP contribution in [0.25, 0.3) is 0 Å². The fourth-order valence-electron chi connectivity index (χ4n) is 1.77. The summed E-state index contributed by atoms with van der Waals surface area (Å²) < 4.78 is 0.876. The minimum absolute atomic E-state index is 0.0152. The summed E-state index contributed by atoms with van der Waals surface area (Å²) in [6.45, 7) is 2.73. The van der Waals surface area contributed by atoms with Crippen LogP contribution in [-0.2, 0) is 0 Å². The highest BCUT2D eigenvalue weighted by molar-refractivity contribution is 9.10. The second kappa shape index (κ2) is 6.33. The molecule has 5 heteroatoms. The van der Waals surface area contributed by atoms with E-state index in [-0.39, 0.29) is 5.91 Å². The van der Waals surface area contributed by atoms with E-state index in [0.29, 0.717) is 0 Å². The molecule has 0 saturated heterocycles. The van der Waals surface area contributed by atoms with E-state index in [2.05, 4.69) is 32.6 Å². The van der Waals surface area contributed by atoms with Crippen molar-refractivity contribution in [1.82, 2.24) is 10.6 Å². The van der Waals surface area contributed by atoms with Crippen LogP contribution in [0, 0.1) is 0 Å². The van der Waals surface area contributed by atoms with Gasteiger partial charge in [-0.2, -0.15) is 0 Å². The van der Waals surface area contributed by atoms with Gasteiger partial charge in [-0.15, -0.1) is 11.3 Å². The molecule has 2 heterocycles. The van der Waals surface area contributed by atoms with Crippen LogP contribution in [0.1, 0.15) is 22.5 Å². The predicted molar refractivity (Wildman–Crippen MR) is 74.5 cm³/mol. The minimum atomic E-state index is 0.0152. The SMILES string of the molecule is O=C(NCCC1=CCNCC1)c1sccc1Br. The topological polar surface area (TPSA) is 41.1 Å². The first-order valence-electron chi connectivity index (χ1n) is 5.67. The molecule has 0 aromatic carbocycles. The molecule has 1 amide bonds. The van der Waals surface area contributed by atoms with E-state index < -0.39 is 0 Å². The van der Waals surface area contributed by atoms with E-state index in [1.54, 1.807) is 0 Å². The Bertz CT molecular complexity index is 428. The molecule has 92 valence electrons. The summed E-state index contributed by atoms with van der Waals surface area (Å²) >= 11 is 4.83. The Balaban J connectivity index is 1.77. The van der Waals surface area contributed by atoms with E-state index in [9.17, 15) is 4.79 Å². The van der Waals surface area contributed by atoms with Gasteiger partial charge in [-0.05, 0) is 46.8 Å². The van der Waals surface area contributed by atoms with Gasteiger partial charge in [0.1, 0.15) is 4.88 Å². The molecule has 0 fully saturated rings. The van der Waals surface area contributed by atoms with Crippen LogP contribution >= 0.6 is 27.3 Å². The molecular weight excluding hydrogens is 300 g/mol. The van der Waals surface area contributed by atoms with Crippen LogP contribution in [0.3, 0.4) is 0 Å². The number of hydrogen-bond acceptors (Lipinski definition) is 3. The molecular formula is C12H15BrN2OS. The minimum Gasteiger partial charge on any atom is -0.351 e. The molecule has 0 atom stereocenters. The lowest BCUT2D eigenvalue weighted by Gasteiger charge is -2.14. The molecule has 17 heavy (non-hydrogen) atoms. The van der Waals surface area contributed by atoms with Crippen molar-refractivity contribution >= 4 is 33.2 Å². The lowest BCUT2D eigenvalue weighted by atomic mass is 10.1. The van der Waals surface area contributed by atoms with Crippen LogP contribution in [0.5, 0.6) is 0 Å². The smallest absolute Gasteiger partial charge is 0.262 e. The van der Waals surface area contributed by atoms with Crippen molar-refractivity contribution in [3.05, 3.63) is 32.4 Å². The highest BCUT2D eigenvalue weighted by Crippen LogP contribution is 2.22. The van der Waals surface area contributed by atoms with E-state index in [0.717, 1.165) is 41.8 Å². The number of nitrogens with one attached hydrogen (secondary N) is 2. The van der Waals surface area contributed by atoms with E-state index >= 15 is 0 Å². The van der Waals surface area contributed by atoms with Crippen molar-refractivity contribution in [3.63, 3.8) is 0 Å². The maximum Gasteiger partial charge on any atom is 0.262 e. The third-order valence-corrected chi connectivity index (χ3v) is 4.55. The van der Waals surface area contributed by atoms with E-state index in [4.69, 9.17) is 0 Å². The molecule has 1 aromatic rings. The van der Waals surface area contributed by atoms with Gasteiger partial charge in [0, 0.05) is 17.6 Å². The summed E-state index contributed by atoms with van der Waals surface area (Å²) in [5.74, 6) is 0.0152. The van der Waals surface area contributed by atoms with Gasteiger partial charge < -0.3 is 10.6 Å². The molecule has 0 unspecified atom stereocenters. The van der Waals surface area contributed by atoms with E-state index in [1.165, 1.54) is 16.9 Å². The maximum atomic E-state index is 11.8. The van der Waals surface area contributed by atoms with Crippen molar-refractivity contribution in [2.24, 2.45) is 0 Å². The van der Waals surface area contributed by atoms with Gasteiger partial charge in [0.15, 0.2) is 0 Å². The quantitative estimate of drug-likeness (QED) is 0.839. The van der Waals surface area contributed by atoms with Crippen molar-refractivity contribution in [3.8, 4) is 0 Å². The van der Waals surface area contributed by atoms with Gasteiger partial charge in [-0.25, -0.2) is 0 Å². The fourth-order valence-corrected chi connectivity index (χ4v) is 3.24. The standard InChI is InChI=1S/C12H15BrN2OS/c13-10-4-8-17-11(10)12(16)15-7-3-9-1-5-14-6-2-9/h1,4,8,14H,2-3,5-7H2,(H,15,16). The second-order valence-electron chi connectivity index (χ2n) is 3.92. The average Bonchev–Trinajstić information content (AvgIpc) is 2.77. The van der Waals surface area contributed by atoms with Crippen molar-refractivity contribution in [1.29, 1.82) is 0 Å². The maximum absolute atomic E-state index is 11.8. The molecule has 1 aliphatic heterocycles. The Kier molecular flexibility index (Phi) is 4.76. The summed E-state index contributed by atoms with van der Waals surface area (Å²) in [5, 5.41) is 8.14. The first-order chi connectivity index (χ1) is 8.27. The Labute approximate surface area is 113 Å². The highest BCUT2D eigenvalue weighted by Gasteiger charge is 2.11. The van der Waals surface area contributed by atoms with E-state index in [1.807, 2.05) is 11.4 Å². The average molecular weight is 315 g/mol. The number of thiophene rings is 1. The molecule has 3 nitrogen and oxygen atoms in total. The Morgan fingerprint density at radius 1 is 1.59 bits per heavy atom. The Morgan fingerprint density at radius 3 is 3.12 bits per heavy atom. The lowest BCUT2D eigenvalue weighted by Crippen LogP contribution is -2.26. The van der Waals surface area contributed by atoms with Gasteiger partial charge in [-0.1, -0.05) is 11.6 Å². The fraction of sp³-hybridized carbons (Fsp3) is 0.417. The predicted octanol–water partition coefficient (Wildman–Crippen LogP) is 2.55. The molecule has 2 N–H and O–H groups in total. The van der Waals surface area contributed by atoms with Crippen LogP contribution in [0.2, 0.25) is 0 Å². The summed E-state index contributed by atoms with van der Waals surface area (Å²) in [7, 11) is 0. The zero-order valence-electron chi connectivity index (χ0n) is 9.46. The van der Waals surface area contributed by atoms with Gasteiger partial charge >= 0.3 is 0 Å². The number of carbonyl (C=O) groups is 1. The van der Waals surface area contributed by atoms with Gasteiger partial charge in [-0.3, -0.25) is 4.79 Å². The monoisotopic (exact) mass is 314 g/mol. The molecule has 0 spiro atoms. The first kappa shape index (κ1) is 12.8. The molecule has 0 bridgehead atoms. The first-order valence-corrected chi connectivity index (χ1v) is 7.34. The second-order valence-corrected chi connectivity index (χ2v) is 5.69. The van der Waals surface area contributed by atoms with Crippen LogP contribution in [-0.4, -0.2) is 25.5 Å². The summed E-state index contributed by atoms with van der Waals surface area (Å²) in [6, 6.07) is 1.90. The van der Waals surface area contributed by atoms with Crippen LogP contribution in [0.4, 0.5) is 0 Å². The molecule has 0 aliphatic carbocycles. The summed E-state index contributed by atoms with van der Waals surface area (Å²) in [4.78, 5) is 12.6. The number of halogens is 1. The van der Waals surface area contributed by atoms with Crippen LogP contribution in [0.15, 0.2) is 27.6 Å². The zero-order valence-corrected chi connectivity index (χ0v) is 11.9. The van der Waals surface area contributed by atoms with Gasteiger partial charge in [0.05, 0.1) is 0 Å². The Hall–Kier alpha value is -0.650. The van der Waals surface area contributed by atoms with Gasteiger partial charge in [0.25, 0.3) is 5.91 Å². The number of hydrogen-bond donors (Lipinski definition) is 2. The van der Waals surface area contributed by atoms with Crippen molar-refractivity contribution < 1.29 is 4.79 Å². The van der Waals surface area contributed by atoms with Crippen molar-refractivity contribution in [2.75, 3.05) is 19.6 Å². The Morgan fingerprint density at radius 2 is 2.47 bits per heavy atom. The summed E-state index contributed by atoms with van der Waals surface area (Å²) in [5.41, 5.74) is 1.44. The zero-order chi connectivity index (χ0) is 12.1. The third kappa shape index (κ3) is 3.66. The molecule has 2 rings (SSSR count).